The Bertz CT molecular complexity index is 1450. The standard InChI is InChI=1S/C30H24INO3S/c31-26-18-22(13-15-27(26)35-20-23-12-14-24-10-4-5-11-25(24)17-23)19-28-29(33)32(30(34)36-28)16-6-9-21-7-2-1-3-8-21/h1-5,7-8,10-15,17-19H,6,9,16,20H2/b28-19+. The van der Waals surface area contributed by atoms with E-state index in [1.807, 2.05) is 48.5 Å². The third kappa shape index (κ3) is 5.82. The topological polar surface area (TPSA) is 46.6 Å². The Morgan fingerprint density at radius 1 is 0.833 bits per heavy atom. The van der Waals surface area contributed by atoms with E-state index in [1.165, 1.54) is 21.2 Å². The summed E-state index contributed by atoms with van der Waals surface area (Å²) < 4.78 is 7.02. The van der Waals surface area contributed by atoms with Crippen molar-refractivity contribution in [2.45, 2.75) is 19.4 Å². The Kier molecular flexibility index (Phi) is 7.72. The molecule has 4 aromatic carbocycles. The molecule has 4 aromatic rings. The van der Waals surface area contributed by atoms with E-state index in [0.717, 1.165) is 45.1 Å². The summed E-state index contributed by atoms with van der Waals surface area (Å²) in [6.07, 6.45) is 3.37. The summed E-state index contributed by atoms with van der Waals surface area (Å²) >= 11 is 3.25. The number of hydrogen-bond acceptors (Lipinski definition) is 4. The van der Waals surface area contributed by atoms with Crippen molar-refractivity contribution >= 4 is 62.3 Å². The largest absolute Gasteiger partial charge is 0.488 e. The lowest BCUT2D eigenvalue weighted by atomic mass is 10.1. The monoisotopic (exact) mass is 605 g/mol. The van der Waals surface area contributed by atoms with E-state index < -0.39 is 0 Å². The highest BCUT2D eigenvalue weighted by Crippen LogP contribution is 2.33. The summed E-state index contributed by atoms with van der Waals surface area (Å²) in [7, 11) is 0. The van der Waals surface area contributed by atoms with Gasteiger partial charge in [0.2, 0.25) is 0 Å². The summed E-state index contributed by atoms with van der Waals surface area (Å²) in [6, 6.07) is 30.5. The highest BCUT2D eigenvalue weighted by molar-refractivity contribution is 14.1. The van der Waals surface area contributed by atoms with E-state index in [9.17, 15) is 9.59 Å². The number of fused-ring (bicyclic) bond motifs is 1. The van der Waals surface area contributed by atoms with Crippen molar-refractivity contribution in [3.8, 4) is 5.75 Å². The van der Waals surface area contributed by atoms with Crippen LogP contribution in [0.5, 0.6) is 5.75 Å². The smallest absolute Gasteiger partial charge is 0.293 e. The maximum absolute atomic E-state index is 12.9. The number of ether oxygens (including phenoxy) is 1. The first-order chi connectivity index (χ1) is 17.6. The van der Waals surface area contributed by atoms with Gasteiger partial charge in [-0.1, -0.05) is 72.8 Å². The molecule has 1 heterocycles. The van der Waals surface area contributed by atoms with Crippen molar-refractivity contribution in [1.82, 2.24) is 4.90 Å². The average molecular weight is 605 g/mol. The Morgan fingerprint density at radius 2 is 1.61 bits per heavy atom. The molecule has 1 aliphatic rings. The molecule has 0 spiro atoms. The van der Waals surface area contributed by atoms with Crippen LogP contribution in [-0.4, -0.2) is 22.6 Å². The van der Waals surface area contributed by atoms with Gasteiger partial charge in [-0.05, 0) is 98.9 Å². The Balaban J connectivity index is 1.21. The van der Waals surface area contributed by atoms with Crippen LogP contribution in [0.25, 0.3) is 16.8 Å². The van der Waals surface area contributed by atoms with Crippen molar-refractivity contribution < 1.29 is 14.3 Å². The van der Waals surface area contributed by atoms with Crippen LogP contribution in [0.2, 0.25) is 0 Å². The van der Waals surface area contributed by atoms with Crippen LogP contribution < -0.4 is 4.74 Å². The van der Waals surface area contributed by atoms with Gasteiger partial charge in [0.05, 0.1) is 8.48 Å². The second kappa shape index (κ2) is 11.3. The molecule has 5 rings (SSSR count). The first-order valence-corrected chi connectivity index (χ1v) is 13.7. The van der Waals surface area contributed by atoms with Gasteiger partial charge in [0, 0.05) is 6.54 Å². The number of carbonyl (C=O) groups is 2. The average Bonchev–Trinajstić information content (AvgIpc) is 3.16. The molecule has 36 heavy (non-hydrogen) atoms. The Morgan fingerprint density at radius 3 is 2.42 bits per heavy atom. The number of thioether (sulfide) groups is 1. The molecule has 0 unspecified atom stereocenters. The predicted octanol–water partition coefficient (Wildman–Crippen LogP) is 7.69. The molecule has 0 saturated carbocycles. The summed E-state index contributed by atoms with van der Waals surface area (Å²) in [6.45, 7) is 0.901. The first-order valence-electron chi connectivity index (χ1n) is 11.8. The van der Waals surface area contributed by atoms with E-state index in [2.05, 4.69) is 65.1 Å². The summed E-state index contributed by atoms with van der Waals surface area (Å²) in [5.41, 5.74) is 3.18. The zero-order valence-electron chi connectivity index (χ0n) is 19.5. The van der Waals surface area contributed by atoms with Gasteiger partial charge in [0.1, 0.15) is 12.4 Å². The second-order valence-electron chi connectivity index (χ2n) is 8.58. The van der Waals surface area contributed by atoms with E-state index in [0.29, 0.717) is 18.1 Å². The maximum atomic E-state index is 12.9. The lowest BCUT2D eigenvalue weighted by Crippen LogP contribution is -2.29. The van der Waals surface area contributed by atoms with Crippen molar-refractivity contribution in [3.05, 3.63) is 116 Å². The van der Waals surface area contributed by atoms with E-state index in [4.69, 9.17) is 4.74 Å². The minimum absolute atomic E-state index is 0.204. The SMILES string of the molecule is O=C1S/C(=C/c2ccc(OCc3ccc4ccccc4c3)c(I)c2)C(=O)N1CCCc1ccccc1. The van der Waals surface area contributed by atoms with Crippen molar-refractivity contribution in [1.29, 1.82) is 0 Å². The second-order valence-corrected chi connectivity index (χ2v) is 10.7. The minimum Gasteiger partial charge on any atom is -0.488 e. The summed E-state index contributed by atoms with van der Waals surface area (Å²) in [5, 5.41) is 2.20. The molecule has 1 saturated heterocycles. The van der Waals surface area contributed by atoms with Crippen LogP contribution in [0.1, 0.15) is 23.1 Å². The Hall–Kier alpha value is -3.10. The van der Waals surface area contributed by atoms with Crippen LogP contribution in [0, 0.1) is 3.57 Å². The fourth-order valence-electron chi connectivity index (χ4n) is 4.14. The number of imide groups is 1. The van der Waals surface area contributed by atoms with Gasteiger partial charge in [-0.3, -0.25) is 14.5 Å². The number of halogens is 1. The molecule has 0 N–H and O–H groups in total. The van der Waals surface area contributed by atoms with Crippen LogP contribution >= 0.6 is 34.4 Å². The van der Waals surface area contributed by atoms with E-state index in [1.54, 1.807) is 6.08 Å². The summed E-state index contributed by atoms with van der Waals surface area (Å²) in [4.78, 5) is 27.1. The molecule has 0 radical (unpaired) electrons. The molecule has 4 nitrogen and oxygen atoms in total. The number of nitrogens with zero attached hydrogens (tertiary/aromatic N) is 1. The third-order valence-electron chi connectivity index (χ3n) is 6.03. The number of hydrogen-bond donors (Lipinski definition) is 0. The van der Waals surface area contributed by atoms with E-state index >= 15 is 0 Å². The molecule has 0 atom stereocenters. The molecular weight excluding hydrogens is 581 g/mol. The van der Waals surface area contributed by atoms with Gasteiger partial charge in [0.15, 0.2) is 0 Å². The molecule has 0 aliphatic carbocycles. The molecule has 2 amide bonds. The number of carbonyl (C=O) groups excluding carboxylic acids is 2. The molecule has 0 aromatic heterocycles. The van der Waals surface area contributed by atoms with Crippen LogP contribution in [0.3, 0.4) is 0 Å². The number of amides is 2. The zero-order valence-corrected chi connectivity index (χ0v) is 22.5. The molecule has 1 aliphatic heterocycles. The van der Waals surface area contributed by atoms with Gasteiger partial charge in [-0.25, -0.2) is 0 Å². The minimum atomic E-state index is -0.218. The fraction of sp³-hybridized carbons (Fsp3) is 0.133. The zero-order chi connectivity index (χ0) is 24.9. The highest BCUT2D eigenvalue weighted by Gasteiger charge is 2.34. The normalized spacial score (nSPS) is 14.7. The molecule has 180 valence electrons. The van der Waals surface area contributed by atoms with Gasteiger partial charge < -0.3 is 4.74 Å². The van der Waals surface area contributed by atoms with Gasteiger partial charge in [0.25, 0.3) is 11.1 Å². The van der Waals surface area contributed by atoms with Crippen molar-refractivity contribution in [2.75, 3.05) is 6.54 Å². The number of aryl methyl sites for hydroxylation is 1. The van der Waals surface area contributed by atoms with Gasteiger partial charge in [-0.2, -0.15) is 0 Å². The lowest BCUT2D eigenvalue weighted by molar-refractivity contribution is -0.122. The summed E-state index contributed by atoms with van der Waals surface area (Å²) in [5.74, 6) is 0.569. The van der Waals surface area contributed by atoms with Crippen molar-refractivity contribution in [3.63, 3.8) is 0 Å². The lowest BCUT2D eigenvalue weighted by Gasteiger charge is -2.12. The number of rotatable bonds is 8. The first kappa shape index (κ1) is 24.6. The highest BCUT2D eigenvalue weighted by atomic mass is 127. The van der Waals surface area contributed by atoms with Crippen LogP contribution in [0.4, 0.5) is 4.79 Å². The van der Waals surface area contributed by atoms with Crippen LogP contribution in [-0.2, 0) is 17.8 Å². The molecule has 6 heteroatoms. The van der Waals surface area contributed by atoms with Gasteiger partial charge in [-0.15, -0.1) is 0 Å². The third-order valence-corrected chi connectivity index (χ3v) is 7.78. The fourth-order valence-corrected chi connectivity index (χ4v) is 5.70. The Labute approximate surface area is 228 Å². The van der Waals surface area contributed by atoms with E-state index in [-0.39, 0.29) is 11.1 Å². The van der Waals surface area contributed by atoms with Crippen LogP contribution in [0.15, 0.2) is 95.9 Å². The molecule has 1 fully saturated rings. The van der Waals surface area contributed by atoms with Gasteiger partial charge >= 0.3 is 0 Å². The predicted molar refractivity (Wildman–Crippen MR) is 155 cm³/mol. The molecule has 0 bridgehead atoms. The van der Waals surface area contributed by atoms with Crippen molar-refractivity contribution in [2.24, 2.45) is 0 Å². The quantitative estimate of drug-likeness (QED) is 0.153. The number of benzene rings is 4. The molecular formula is C30H24INO3S. The maximum Gasteiger partial charge on any atom is 0.293 e.